The van der Waals surface area contributed by atoms with Crippen LogP contribution in [0.5, 0.6) is 0 Å². The molecule has 1 aromatic rings. The van der Waals surface area contributed by atoms with Crippen LogP contribution in [0.4, 0.5) is 4.39 Å². The smallest absolute Gasteiger partial charge is 0.223 e. The molecular formula is C9H14FN3O. The summed E-state index contributed by atoms with van der Waals surface area (Å²) < 4.78 is 17.9. The summed E-state index contributed by atoms with van der Waals surface area (Å²) in [5.41, 5.74) is 0. The molecule has 1 unspecified atom stereocenters. The molecule has 2 rings (SSSR count). The van der Waals surface area contributed by atoms with Crippen LogP contribution in [0.15, 0.2) is 4.52 Å². The molecule has 5 heteroatoms. The lowest BCUT2D eigenvalue weighted by molar-refractivity contribution is 0.129. The van der Waals surface area contributed by atoms with E-state index in [0.717, 1.165) is 13.0 Å². The highest BCUT2D eigenvalue weighted by Crippen LogP contribution is 2.14. The number of piperidine rings is 1. The van der Waals surface area contributed by atoms with Crippen molar-refractivity contribution < 1.29 is 8.91 Å². The summed E-state index contributed by atoms with van der Waals surface area (Å²) in [7, 11) is 0. The summed E-state index contributed by atoms with van der Waals surface area (Å²) in [5.74, 6) is 1.21. The molecule has 2 heterocycles. The zero-order valence-electron chi connectivity index (χ0n) is 8.24. The summed E-state index contributed by atoms with van der Waals surface area (Å²) in [5, 5.41) is 3.78. The Hall–Kier alpha value is -0.970. The Morgan fingerprint density at radius 2 is 2.50 bits per heavy atom. The molecule has 0 spiro atoms. The molecule has 1 saturated heterocycles. The highest BCUT2D eigenvalue weighted by Gasteiger charge is 2.20. The monoisotopic (exact) mass is 199 g/mol. The minimum absolute atomic E-state index is 0.494. The Balaban J connectivity index is 1.90. The normalized spacial score (nSPS) is 24.0. The first-order chi connectivity index (χ1) is 6.74. The molecular weight excluding hydrogens is 185 g/mol. The van der Waals surface area contributed by atoms with E-state index in [2.05, 4.69) is 10.1 Å². The summed E-state index contributed by atoms with van der Waals surface area (Å²) in [6.07, 6.45) is 0.900. The first kappa shape index (κ1) is 9.58. The lowest BCUT2D eigenvalue weighted by Gasteiger charge is -2.27. The standard InChI is InChI=1S/C9H14FN3O/c1-7-11-9(12-14-7)6-13-4-2-3-8(10)5-13/h8H,2-6H2,1H3. The van der Waals surface area contributed by atoms with Gasteiger partial charge in [0.15, 0.2) is 5.82 Å². The van der Waals surface area contributed by atoms with E-state index in [9.17, 15) is 4.39 Å². The fourth-order valence-electron chi connectivity index (χ4n) is 1.75. The van der Waals surface area contributed by atoms with Crippen LogP contribution in [0.3, 0.4) is 0 Å². The highest BCUT2D eigenvalue weighted by atomic mass is 19.1. The molecule has 0 radical (unpaired) electrons. The van der Waals surface area contributed by atoms with Crippen LogP contribution in [0.1, 0.15) is 24.6 Å². The van der Waals surface area contributed by atoms with Gasteiger partial charge in [-0.15, -0.1) is 0 Å². The Labute approximate surface area is 82.1 Å². The third-order valence-corrected chi connectivity index (χ3v) is 2.38. The Bertz CT molecular complexity index is 302. The van der Waals surface area contributed by atoms with Gasteiger partial charge in [0.05, 0.1) is 6.54 Å². The van der Waals surface area contributed by atoms with Gasteiger partial charge in [-0.2, -0.15) is 4.98 Å². The molecule has 0 aromatic carbocycles. The van der Waals surface area contributed by atoms with Gasteiger partial charge in [-0.3, -0.25) is 4.90 Å². The third kappa shape index (κ3) is 2.29. The average Bonchev–Trinajstić information content (AvgIpc) is 2.51. The second-order valence-corrected chi connectivity index (χ2v) is 3.70. The fraction of sp³-hybridized carbons (Fsp3) is 0.778. The molecule has 0 N–H and O–H groups in total. The van der Waals surface area contributed by atoms with Gasteiger partial charge in [0.1, 0.15) is 6.17 Å². The summed E-state index contributed by atoms with van der Waals surface area (Å²) in [6.45, 7) is 3.77. The Morgan fingerprint density at radius 3 is 3.14 bits per heavy atom. The quantitative estimate of drug-likeness (QED) is 0.720. The van der Waals surface area contributed by atoms with Gasteiger partial charge in [0.25, 0.3) is 0 Å². The minimum atomic E-state index is -0.697. The second-order valence-electron chi connectivity index (χ2n) is 3.70. The largest absolute Gasteiger partial charge is 0.340 e. The number of likely N-dealkylation sites (tertiary alicyclic amines) is 1. The Morgan fingerprint density at radius 1 is 1.64 bits per heavy atom. The number of rotatable bonds is 2. The van der Waals surface area contributed by atoms with E-state index >= 15 is 0 Å². The van der Waals surface area contributed by atoms with Gasteiger partial charge >= 0.3 is 0 Å². The van der Waals surface area contributed by atoms with Crippen molar-refractivity contribution in [2.45, 2.75) is 32.5 Å². The average molecular weight is 199 g/mol. The maximum atomic E-state index is 13.0. The Kier molecular flexibility index (Phi) is 2.77. The van der Waals surface area contributed by atoms with Gasteiger partial charge in [-0.05, 0) is 19.4 Å². The predicted molar refractivity (Wildman–Crippen MR) is 48.4 cm³/mol. The summed E-state index contributed by atoms with van der Waals surface area (Å²) in [6, 6.07) is 0. The van der Waals surface area contributed by atoms with E-state index in [-0.39, 0.29) is 0 Å². The van der Waals surface area contributed by atoms with Crippen molar-refractivity contribution in [2.24, 2.45) is 0 Å². The predicted octanol–water partition coefficient (Wildman–Crippen LogP) is 1.31. The topological polar surface area (TPSA) is 42.2 Å². The molecule has 1 atom stereocenters. The van der Waals surface area contributed by atoms with Crippen LogP contribution in [-0.2, 0) is 6.54 Å². The van der Waals surface area contributed by atoms with E-state index < -0.39 is 6.17 Å². The second kappa shape index (κ2) is 4.04. The molecule has 1 aliphatic rings. The lowest BCUT2D eigenvalue weighted by atomic mass is 10.1. The van der Waals surface area contributed by atoms with Crippen LogP contribution in [-0.4, -0.2) is 34.3 Å². The van der Waals surface area contributed by atoms with Crippen molar-refractivity contribution in [3.63, 3.8) is 0 Å². The first-order valence-corrected chi connectivity index (χ1v) is 4.89. The number of hydrogen-bond acceptors (Lipinski definition) is 4. The molecule has 1 aliphatic heterocycles. The van der Waals surface area contributed by atoms with Crippen LogP contribution in [0.25, 0.3) is 0 Å². The molecule has 0 amide bonds. The summed E-state index contributed by atoms with van der Waals surface area (Å²) >= 11 is 0. The van der Waals surface area contributed by atoms with Crippen molar-refractivity contribution in [1.29, 1.82) is 0 Å². The van der Waals surface area contributed by atoms with E-state index in [1.165, 1.54) is 0 Å². The molecule has 0 bridgehead atoms. The fourth-order valence-corrected chi connectivity index (χ4v) is 1.75. The van der Waals surface area contributed by atoms with E-state index in [0.29, 0.717) is 31.2 Å². The number of halogens is 1. The van der Waals surface area contributed by atoms with Gasteiger partial charge in [-0.1, -0.05) is 5.16 Å². The van der Waals surface area contributed by atoms with Crippen molar-refractivity contribution in [1.82, 2.24) is 15.0 Å². The van der Waals surface area contributed by atoms with Gasteiger partial charge < -0.3 is 4.52 Å². The molecule has 1 fully saturated rings. The molecule has 4 nitrogen and oxygen atoms in total. The van der Waals surface area contributed by atoms with Crippen LogP contribution >= 0.6 is 0 Å². The zero-order chi connectivity index (χ0) is 9.97. The number of aryl methyl sites for hydroxylation is 1. The molecule has 0 aliphatic carbocycles. The van der Waals surface area contributed by atoms with Gasteiger partial charge in [0, 0.05) is 13.5 Å². The first-order valence-electron chi connectivity index (χ1n) is 4.89. The maximum absolute atomic E-state index is 13.0. The number of aromatic nitrogens is 2. The van der Waals surface area contributed by atoms with Crippen LogP contribution in [0, 0.1) is 6.92 Å². The zero-order valence-corrected chi connectivity index (χ0v) is 8.24. The molecule has 0 saturated carbocycles. The van der Waals surface area contributed by atoms with Crippen LogP contribution in [0.2, 0.25) is 0 Å². The molecule has 1 aromatic heterocycles. The van der Waals surface area contributed by atoms with Crippen molar-refractivity contribution in [2.75, 3.05) is 13.1 Å². The SMILES string of the molecule is Cc1nc(CN2CCCC(F)C2)no1. The van der Waals surface area contributed by atoms with E-state index in [4.69, 9.17) is 4.52 Å². The van der Waals surface area contributed by atoms with Crippen molar-refractivity contribution >= 4 is 0 Å². The summed E-state index contributed by atoms with van der Waals surface area (Å²) in [4.78, 5) is 6.11. The maximum Gasteiger partial charge on any atom is 0.223 e. The van der Waals surface area contributed by atoms with Crippen LogP contribution < -0.4 is 0 Å². The van der Waals surface area contributed by atoms with Crippen molar-refractivity contribution in [3.05, 3.63) is 11.7 Å². The lowest BCUT2D eigenvalue weighted by Crippen LogP contribution is -2.36. The number of nitrogens with zero attached hydrogens (tertiary/aromatic N) is 3. The molecule has 78 valence electrons. The highest BCUT2D eigenvalue weighted by molar-refractivity contribution is 4.85. The van der Waals surface area contributed by atoms with Gasteiger partial charge in [-0.25, -0.2) is 4.39 Å². The minimum Gasteiger partial charge on any atom is -0.340 e. The van der Waals surface area contributed by atoms with E-state index in [1.54, 1.807) is 6.92 Å². The number of alkyl halides is 1. The van der Waals surface area contributed by atoms with E-state index in [1.807, 2.05) is 4.90 Å². The number of hydrogen-bond donors (Lipinski definition) is 0. The van der Waals surface area contributed by atoms with Crippen molar-refractivity contribution in [3.8, 4) is 0 Å². The third-order valence-electron chi connectivity index (χ3n) is 2.38. The molecule has 14 heavy (non-hydrogen) atoms. The van der Waals surface area contributed by atoms with Gasteiger partial charge in [0.2, 0.25) is 5.89 Å².